The van der Waals surface area contributed by atoms with Crippen molar-refractivity contribution in [3.8, 4) is 5.75 Å². The number of nitrogens with one attached hydrogen (secondary N) is 1. The lowest BCUT2D eigenvalue weighted by atomic mass is 9.50. The van der Waals surface area contributed by atoms with Gasteiger partial charge in [-0.25, -0.2) is 9.71 Å². The van der Waals surface area contributed by atoms with Crippen molar-refractivity contribution < 1.29 is 23.1 Å². The summed E-state index contributed by atoms with van der Waals surface area (Å²) in [5.74, 6) is 0.671. The number of hydrogen-bond acceptors (Lipinski definition) is 7. The molecule has 2 aromatic rings. The summed E-state index contributed by atoms with van der Waals surface area (Å²) in [6, 6.07) is 10.1. The lowest BCUT2D eigenvalue weighted by Gasteiger charge is -2.54. The molecule has 10 heteroatoms. The van der Waals surface area contributed by atoms with Gasteiger partial charge in [0.15, 0.2) is 10.6 Å². The van der Waals surface area contributed by atoms with Crippen LogP contribution in [0.1, 0.15) is 63.4 Å². The Morgan fingerprint density at radius 2 is 1.89 bits per heavy atom. The summed E-state index contributed by atoms with van der Waals surface area (Å²) in [7, 11) is -4.21. The molecular weight excluding hydrogens is 502 g/mol. The molecule has 4 fully saturated rings. The van der Waals surface area contributed by atoms with E-state index in [1.54, 1.807) is 30.0 Å². The molecule has 0 atom stereocenters. The van der Waals surface area contributed by atoms with Gasteiger partial charge in [-0.2, -0.15) is 8.42 Å². The van der Waals surface area contributed by atoms with Gasteiger partial charge < -0.3 is 14.7 Å². The predicted octanol–water partition coefficient (Wildman–Crippen LogP) is 3.77. The minimum absolute atomic E-state index is 0.251. The normalized spacial score (nSPS) is 23.2. The number of rotatable bonds is 7. The Kier molecular flexibility index (Phi) is 5.38. The number of ether oxygens (including phenoxy) is 1. The Labute approximate surface area is 216 Å². The molecular formula is C26H30ClN3O5S. The van der Waals surface area contributed by atoms with Crippen LogP contribution in [0.25, 0.3) is 0 Å². The SMILES string of the molecule is CC1(O)CN(c2cccc(S(=O)(=O)NC(=O)C3(Oc4cc(Cl)ccc4C4CC5(CCC5)C4)CC3)n2)C1. The van der Waals surface area contributed by atoms with E-state index in [1.165, 1.54) is 25.3 Å². The zero-order valence-corrected chi connectivity index (χ0v) is 21.7. The van der Waals surface area contributed by atoms with Gasteiger partial charge in [0.2, 0.25) is 0 Å². The highest BCUT2D eigenvalue weighted by Crippen LogP contribution is 2.63. The molecule has 3 aliphatic carbocycles. The van der Waals surface area contributed by atoms with Crippen molar-refractivity contribution in [1.29, 1.82) is 0 Å². The molecule has 2 N–H and O–H groups in total. The second-order valence-corrected chi connectivity index (χ2v) is 13.4. The van der Waals surface area contributed by atoms with Crippen LogP contribution in [-0.2, 0) is 14.8 Å². The van der Waals surface area contributed by atoms with Gasteiger partial charge in [-0.15, -0.1) is 0 Å². The number of carbonyl (C=O) groups excluding carboxylic acids is 1. The summed E-state index contributed by atoms with van der Waals surface area (Å²) in [5.41, 5.74) is -0.535. The molecule has 1 aliphatic heterocycles. The van der Waals surface area contributed by atoms with Crippen LogP contribution in [0, 0.1) is 5.41 Å². The van der Waals surface area contributed by atoms with Crippen LogP contribution in [0.3, 0.4) is 0 Å². The molecule has 4 aliphatic rings. The number of amides is 1. The number of pyridine rings is 1. The van der Waals surface area contributed by atoms with E-state index in [4.69, 9.17) is 16.3 Å². The smallest absolute Gasteiger partial charge is 0.281 e. The molecule has 192 valence electrons. The van der Waals surface area contributed by atoms with E-state index in [0.717, 1.165) is 18.4 Å². The predicted molar refractivity (Wildman–Crippen MR) is 135 cm³/mol. The molecule has 0 radical (unpaired) electrons. The lowest BCUT2D eigenvalue weighted by Crippen LogP contribution is -2.60. The molecule has 1 aromatic heterocycles. The number of carbonyl (C=O) groups is 1. The summed E-state index contributed by atoms with van der Waals surface area (Å²) in [4.78, 5) is 19.2. The summed E-state index contributed by atoms with van der Waals surface area (Å²) in [6.45, 7) is 2.43. The molecule has 3 saturated carbocycles. The van der Waals surface area contributed by atoms with Crippen molar-refractivity contribution in [3.63, 3.8) is 0 Å². The highest BCUT2D eigenvalue weighted by Gasteiger charge is 2.55. The molecule has 1 amide bonds. The third-order valence-electron chi connectivity index (χ3n) is 8.21. The van der Waals surface area contributed by atoms with Crippen molar-refractivity contribution >= 4 is 33.3 Å². The minimum Gasteiger partial charge on any atom is -0.477 e. The van der Waals surface area contributed by atoms with E-state index in [2.05, 4.69) is 9.71 Å². The van der Waals surface area contributed by atoms with Gasteiger partial charge in [0.05, 0.1) is 5.60 Å². The first-order valence-electron chi connectivity index (χ1n) is 12.5. The molecule has 36 heavy (non-hydrogen) atoms. The monoisotopic (exact) mass is 531 g/mol. The zero-order valence-electron chi connectivity index (χ0n) is 20.2. The highest BCUT2D eigenvalue weighted by atomic mass is 35.5. The summed E-state index contributed by atoms with van der Waals surface area (Å²) < 4.78 is 34.5. The van der Waals surface area contributed by atoms with Gasteiger partial charge >= 0.3 is 0 Å². The van der Waals surface area contributed by atoms with Crippen molar-refractivity contribution in [2.75, 3.05) is 18.0 Å². The van der Waals surface area contributed by atoms with Crippen molar-refractivity contribution in [3.05, 3.63) is 47.0 Å². The van der Waals surface area contributed by atoms with E-state index in [1.807, 2.05) is 12.1 Å². The number of β-amino-alcohol motifs (C(OH)–C–C–N with tert-alkyl or cyclic N) is 1. The fourth-order valence-corrected chi connectivity index (χ4v) is 7.03. The van der Waals surface area contributed by atoms with Gasteiger partial charge in [0.1, 0.15) is 11.6 Å². The average molecular weight is 532 g/mol. The first-order valence-corrected chi connectivity index (χ1v) is 14.3. The molecule has 8 nitrogen and oxygen atoms in total. The van der Waals surface area contributed by atoms with Gasteiger partial charge in [0.25, 0.3) is 15.9 Å². The Morgan fingerprint density at radius 1 is 1.17 bits per heavy atom. The summed E-state index contributed by atoms with van der Waals surface area (Å²) in [5, 5.41) is 10.2. The number of nitrogens with zero attached hydrogens (tertiary/aromatic N) is 2. The maximum atomic E-state index is 13.2. The van der Waals surface area contributed by atoms with Crippen LogP contribution in [0.4, 0.5) is 5.82 Å². The molecule has 1 saturated heterocycles. The maximum Gasteiger partial charge on any atom is 0.281 e. The quantitative estimate of drug-likeness (QED) is 0.559. The van der Waals surface area contributed by atoms with Crippen LogP contribution in [-0.4, -0.2) is 48.7 Å². The number of benzene rings is 1. The Morgan fingerprint density at radius 3 is 2.50 bits per heavy atom. The van der Waals surface area contributed by atoms with Gasteiger partial charge in [-0.3, -0.25) is 4.79 Å². The van der Waals surface area contributed by atoms with Gasteiger partial charge in [-0.1, -0.05) is 30.2 Å². The Bertz CT molecular complexity index is 1320. The van der Waals surface area contributed by atoms with Crippen LogP contribution < -0.4 is 14.4 Å². The van der Waals surface area contributed by atoms with Gasteiger partial charge in [0, 0.05) is 31.0 Å². The van der Waals surface area contributed by atoms with Crippen molar-refractivity contribution in [1.82, 2.24) is 9.71 Å². The van der Waals surface area contributed by atoms with Crippen molar-refractivity contribution in [2.45, 2.75) is 74.0 Å². The van der Waals surface area contributed by atoms with E-state index in [0.29, 0.717) is 53.9 Å². The number of anilines is 1. The van der Waals surface area contributed by atoms with E-state index >= 15 is 0 Å². The molecule has 1 aromatic carbocycles. The van der Waals surface area contributed by atoms with Crippen LogP contribution >= 0.6 is 11.6 Å². The Hall–Kier alpha value is -2.36. The minimum atomic E-state index is -4.21. The van der Waals surface area contributed by atoms with Crippen molar-refractivity contribution in [2.24, 2.45) is 5.41 Å². The molecule has 2 heterocycles. The fraction of sp³-hybridized carbons (Fsp3) is 0.538. The van der Waals surface area contributed by atoms with Crippen LogP contribution in [0.5, 0.6) is 5.75 Å². The number of aromatic nitrogens is 1. The Balaban J connectivity index is 1.17. The first kappa shape index (κ1) is 24.0. The van der Waals surface area contributed by atoms with E-state index < -0.39 is 27.1 Å². The second-order valence-electron chi connectivity index (χ2n) is 11.4. The molecule has 0 bridgehead atoms. The number of sulfonamides is 1. The largest absolute Gasteiger partial charge is 0.477 e. The number of aliphatic hydroxyl groups is 1. The zero-order chi connectivity index (χ0) is 25.3. The van der Waals surface area contributed by atoms with E-state index in [9.17, 15) is 18.3 Å². The number of halogens is 1. The molecule has 1 spiro atoms. The average Bonchev–Trinajstić information content (AvgIpc) is 3.52. The van der Waals surface area contributed by atoms with E-state index in [-0.39, 0.29) is 5.03 Å². The molecule has 0 unspecified atom stereocenters. The fourth-order valence-electron chi connectivity index (χ4n) is 5.86. The summed E-state index contributed by atoms with van der Waals surface area (Å²) in [6.07, 6.45) is 6.94. The molecule has 6 rings (SSSR count). The standard InChI is InChI=1S/C26H30ClN3O5S/c1-24(32)15-30(16-24)21-4-2-5-22(28-21)36(33,34)29-23(31)26(10-11-26)35-20-12-18(27)6-7-19(20)17-13-25(14-17)8-3-9-25/h2,4-7,12,17,32H,3,8-11,13-16H2,1H3,(H,29,31). The van der Waals surface area contributed by atoms with Crippen LogP contribution in [0.15, 0.2) is 41.4 Å². The summed E-state index contributed by atoms with van der Waals surface area (Å²) >= 11 is 6.26. The first-order chi connectivity index (χ1) is 17.0. The maximum absolute atomic E-state index is 13.2. The second kappa shape index (κ2) is 8.07. The third kappa shape index (κ3) is 4.25. The number of hydrogen-bond donors (Lipinski definition) is 2. The lowest BCUT2D eigenvalue weighted by molar-refractivity contribution is -0.128. The van der Waals surface area contributed by atoms with Crippen LogP contribution in [0.2, 0.25) is 5.02 Å². The van der Waals surface area contributed by atoms with Gasteiger partial charge in [-0.05, 0) is 73.8 Å². The topological polar surface area (TPSA) is 109 Å². The third-order valence-corrected chi connectivity index (χ3v) is 9.68. The highest BCUT2D eigenvalue weighted by molar-refractivity contribution is 7.90.